The number of nitrogens with zero attached hydrogens (tertiary/aromatic N) is 6. The Morgan fingerprint density at radius 2 is 2.24 bits per heavy atom. The van der Waals surface area contributed by atoms with Crippen LogP contribution in [-0.2, 0) is 4.74 Å². The Labute approximate surface area is 147 Å². The third-order valence-electron chi connectivity index (χ3n) is 4.21. The SMILES string of the molecule is Cc1nnnn1-c1cccc(C(=O)N2CCOCC(CN(C)C)C2)c1. The molecule has 8 heteroatoms. The summed E-state index contributed by atoms with van der Waals surface area (Å²) in [5.41, 5.74) is 1.42. The van der Waals surface area contributed by atoms with Gasteiger partial charge in [-0.25, -0.2) is 0 Å². The van der Waals surface area contributed by atoms with Crippen LogP contribution in [0.1, 0.15) is 16.2 Å². The topological polar surface area (TPSA) is 76.4 Å². The van der Waals surface area contributed by atoms with Gasteiger partial charge in [-0.15, -0.1) is 5.10 Å². The molecule has 1 fully saturated rings. The summed E-state index contributed by atoms with van der Waals surface area (Å²) in [5.74, 6) is 1.01. The number of hydrogen-bond donors (Lipinski definition) is 0. The lowest BCUT2D eigenvalue weighted by molar-refractivity contribution is 0.0735. The van der Waals surface area contributed by atoms with Gasteiger partial charge in [0, 0.05) is 31.1 Å². The molecule has 0 aliphatic carbocycles. The number of benzene rings is 1. The minimum absolute atomic E-state index is 0.0156. The van der Waals surface area contributed by atoms with Gasteiger partial charge < -0.3 is 14.5 Å². The van der Waals surface area contributed by atoms with E-state index in [0.29, 0.717) is 43.6 Å². The van der Waals surface area contributed by atoms with E-state index in [1.54, 1.807) is 4.68 Å². The molecule has 0 spiro atoms. The smallest absolute Gasteiger partial charge is 0.254 e. The first-order valence-corrected chi connectivity index (χ1v) is 8.42. The molecular formula is C17H24N6O2. The van der Waals surface area contributed by atoms with Gasteiger partial charge >= 0.3 is 0 Å². The summed E-state index contributed by atoms with van der Waals surface area (Å²) in [6.45, 7) is 5.29. The standard InChI is InChI=1S/C17H24N6O2/c1-13-18-19-20-23(13)16-6-4-5-15(9-16)17(24)22-7-8-25-12-14(11-22)10-21(2)3/h4-6,9,14H,7-8,10-12H2,1-3H3. The van der Waals surface area contributed by atoms with Gasteiger partial charge in [0.25, 0.3) is 5.91 Å². The maximum atomic E-state index is 13.0. The monoisotopic (exact) mass is 344 g/mol. The van der Waals surface area contributed by atoms with E-state index < -0.39 is 0 Å². The number of ether oxygens (including phenoxy) is 1. The third-order valence-corrected chi connectivity index (χ3v) is 4.21. The first-order chi connectivity index (χ1) is 12.0. The summed E-state index contributed by atoms with van der Waals surface area (Å²) in [4.78, 5) is 17.0. The average Bonchev–Trinajstić information content (AvgIpc) is 2.88. The Kier molecular flexibility index (Phi) is 5.40. The zero-order valence-electron chi connectivity index (χ0n) is 14.9. The fraction of sp³-hybridized carbons (Fsp3) is 0.529. The first-order valence-electron chi connectivity index (χ1n) is 8.42. The number of amides is 1. The van der Waals surface area contributed by atoms with Crippen LogP contribution >= 0.6 is 0 Å². The zero-order chi connectivity index (χ0) is 17.8. The molecule has 8 nitrogen and oxygen atoms in total. The highest BCUT2D eigenvalue weighted by Crippen LogP contribution is 2.15. The lowest BCUT2D eigenvalue weighted by Crippen LogP contribution is -2.38. The van der Waals surface area contributed by atoms with Crippen molar-refractivity contribution in [2.75, 3.05) is 46.9 Å². The average molecular weight is 344 g/mol. The minimum atomic E-state index is 0.0156. The lowest BCUT2D eigenvalue weighted by atomic mass is 10.1. The van der Waals surface area contributed by atoms with E-state index in [-0.39, 0.29) is 5.91 Å². The maximum Gasteiger partial charge on any atom is 0.254 e. The van der Waals surface area contributed by atoms with Crippen LogP contribution in [0.2, 0.25) is 0 Å². The molecule has 1 unspecified atom stereocenters. The van der Waals surface area contributed by atoms with Crippen molar-refractivity contribution in [3.8, 4) is 5.69 Å². The van der Waals surface area contributed by atoms with Crippen LogP contribution in [0.4, 0.5) is 0 Å². The molecule has 2 aromatic rings. The molecule has 0 saturated carbocycles. The second kappa shape index (κ2) is 7.71. The van der Waals surface area contributed by atoms with Gasteiger partial charge in [0.1, 0.15) is 0 Å². The van der Waals surface area contributed by atoms with Crippen LogP contribution in [0, 0.1) is 12.8 Å². The van der Waals surface area contributed by atoms with Crippen LogP contribution in [0.15, 0.2) is 24.3 Å². The van der Waals surface area contributed by atoms with Crippen LogP contribution in [-0.4, -0.2) is 82.9 Å². The van der Waals surface area contributed by atoms with Gasteiger partial charge in [0.05, 0.1) is 18.9 Å². The third kappa shape index (κ3) is 4.21. The summed E-state index contributed by atoms with van der Waals surface area (Å²) in [6, 6.07) is 7.41. The molecule has 1 aromatic heterocycles. The fourth-order valence-corrected chi connectivity index (χ4v) is 3.12. The Morgan fingerprint density at radius 3 is 2.96 bits per heavy atom. The lowest BCUT2D eigenvalue weighted by Gasteiger charge is -2.25. The van der Waals surface area contributed by atoms with Crippen molar-refractivity contribution < 1.29 is 9.53 Å². The number of hydrogen-bond acceptors (Lipinski definition) is 6. The van der Waals surface area contributed by atoms with Crippen molar-refractivity contribution in [3.05, 3.63) is 35.7 Å². The van der Waals surface area contributed by atoms with Crippen molar-refractivity contribution in [2.24, 2.45) is 5.92 Å². The van der Waals surface area contributed by atoms with Crippen LogP contribution < -0.4 is 0 Å². The molecule has 0 radical (unpaired) electrons. The molecule has 1 atom stereocenters. The van der Waals surface area contributed by atoms with E-state index >= 15 is 0 Å². The highest BCUT2D eigenvalue weighted by molar-refractivity contribution is 5.94. The van der Waals surface area contributed by atoms with Gasteiger partial charge in [0.2, 0.25) is 0 Å². The summed E-state index contributed by atoms with van der Waals surface area (Å²) >= 11 is 0. The first kappa shape index (κ1) is 17.5. The number of carbonyl (C=O) groups is 1. The van der Waals surface area contributed by atoms with Gasteiger partial charge in [-0.3, -0.25) is 4.79 Å². The molecule has 1 aliphatic heterocycles. The summed E-state index contributed by atoms with van der Waals surface area (Å²) in [5, 5.41) is 11.5. The Hall–Kier alpha value is -2.32. The fourth-order valence-electron chi connectivity index (χ4n) is 3.12. The molecule has 3 rings (SSSR count). The Balaban J connectivity index is 1.79. The summed E-state index contributed by atoms with van der Waals surface area (Å²) in [7, 11) is 4.07. The molecule has 1 aliphatic rings. The molecule has 1 amide bonds. The predicted molar refractivity (Wildman–Crippen MR) is 92.7 cm³/mol. The molecule has 134 valence electrons. The Morgan fingerprint density at radius 1 is 1.40 bits per heavy atom. The highest BCUT2D eigenvalue weighted by atomic mass is 16.5. The van der Waals surface area contributed by atoms with Crippen molar-refractivity contribution in [3.63, 3.8) is 0 Å². The van der Waals surface area contributed by atoms with Gasteiger partial charge in [-0.2, -0.15) is 4.68 Å². The van der Waals surface area contributed by atoms with Crippen LogP contribution in [0.5, 0.6) is 0 Å². The van der Waals surface area contributed by atoms with E-state index in [2.05, 4.69) is 20.4 Å². The van der Waals surface area contributed by atoms with Crippen molar-refractivity contribution >= 4 is 5.91 Å². The number of rotatable bonds is 4. The quantitative estimate of drug-likeness (QED) is 0.809. The molecular weight excluding hydrogens is 320 g/mol. The number of tetrazole rings is 1. The van der Waals surface area contributed by atoms with Crippen LogP contribution in [0.25, 0.3) is 5.69 Å². The molecule has 25 heavy (non-hydrogen) atoms. The van der Waals surface area contributed by atoms with Crippen LogP contribution in [0.3, 0.4) is 0 Å². The van der Waals surface area contributed by atoms with E-state index in [0.717, 1.165) is 12.2 Å². The van der Waals surface area contributed by atoms with E-state index in [1.807, 2.05) is 50.2 Å². The van der Waals surface area contributed by atoms with E-state index in [4.69, 9.17) is 4.74 Å². The maximum absolute atomic E-state index is 13.0. The van der Waals surface area contributed by atoms with Gasteiger partial charge in [0.15, 0.2) is 5.82 Å². The molecule has 0 N–H and O–H groups in total. The predicted octanol–water partition coefficient (Wildman–Crippen LogP) is 0.621. The number of aryl methyl sites for hydroxylation is 1. The molecule has 0 bridgehead atoms. The molecule has 1 saturated heterocycles. The Bertz CT molecular complexity index is 729. The highest BCUT2D eigenvalue weighted by Gasteiger charge is 2.24. The van der Waals surface area contributed by atoms with Gasteiger partial charge in [-0.05, 0) is 49.6 Å². The normalized spacial score (nSPS) is 18.4. The molecule has 1 aromatic carbocycles. The van der Waals surface area contributed by atoms with E-state index in [9.17, 15) is 4.79 Å². The van der Waals surface area contributed by atoms with Crippen molar-refractivity contribution in [2.45, 2.75) is 6.92 Å². The van der Waals surface area contributed by atoms with E-state index in [1.165, 1.54) is 0 Å². The number of aromatic nitrogens is 4. The van der Waals surface area contributed by atoms with Crippen molar-refractivity contribution in [1.29, 1.82) is 0 Å². The number of carbonyl (C=O) groups excluding carboxylic acids is 1. The van der Waals surface area contributed by atoms with Crippen molar-refractivity contribution in [1.82, 2.24) is 30.0 Å². The summed E-state index contributed by atoms with van der Waals surface area (Å²) < 4.78 is 7.29. The summed E-state index contributed by atoms with van der Waals surface area (Å²) in [6.07, 6.45) is 0. The molecule has 2 heterocycles. The zero-order valence-corrected chi connectivity index (χ0v) is 14.9. The van der Waals surface area contributed by atoms with Gasteiger partial charge in [-0.1, -0.05) is 6.07 Å². The second-order valence-electron chi connectivity index (χ2n) is 6.64. The minimum Gasteiger partial charge on any atom is -0.379 e. The largest absolute Gasteiger partial charge is 0.379 e. The second-order valence-corrected chi connectivity index (χ2v) is 6.64.